The zero-order chi connectivity index (χ0) is 11.4. The minimum Gasteiger partial charge on any atom is -0.330 e. The van der Waals surface area contributed by atoms with E-state index >= 15 is 0 Å². The van der Waals surface area contributed by atoms with Gasteiger partial charge in [-0.1, -0.05) is 31.6 Å². The molecule has 86 valence electrons. The van der Waals surface area contributed by atoms with Crippen LogP contribution in [0.5, 0.6) is 0 Å². The summed E-state index contributed by atoms with van der Waals surface area (Å²) in [6.45, 7) is 5.16. The number of hydrogen-bond acceptors (Lipinski definition) is 3. The Morgan fingerprint density at radius 1 is 1.40 bits per heavy atom. The van der Waals surface area contributed by atoms with Gasteiger partial charge in [0.05, 0.1) is 6.17 Å². The maximum atomic E-state index is 5.74. The second-order valence-corrected chi connectivity index (χ2v) is 4.70. The molecule has 0 aromatic rings. The lowest BCUT2D eigenvalue weighted by Gasteiger charge is -2.26. The average molecular weight is 209 g/mol. The highest BCUT2D eigenvalue weighted by atomic mass is 14.8. The summed E-state index contributed by atoms with van der Waals surface area (Å²) in [6.07, 6.45) is 5.94. The highest BCUT2D eigenvalue weighted by Gasteiger charge is 2.18. The fourth-order valence-electron chi connectivity index (χ4n) is 2.03. The van der Waals surface area contributed by atoms with Crippen LogP contribution in [-0.2, 0) is 0 Å². The maximum absolute atomic E-state index is 5.74. The minimum absolute atomic E-state index is 0.360. The summed E-state index contributed by atoms with van der Waals surface area (Å²) in [7, 11) is 0. The monoisotopic (exact) mass is 209 g/mol. The molecule has 0 saturated heterocycles. The fraction of sp³-hybridized carbons (Fsp3) is 0.667. The van der Waals surface area contributed by atoms with Crippen molar-refractivity contribution < 1.29 is 0 Å². The fourth-order valence-corrected chi connectivity index (χ4v) is 2.03. The first kappa shape index (κ1) is 12.4. The summed E-state index contributed by atoms with van der Waals surface area (Å²) in [6, 6.07) is 0. The summed E-state index contributed by atoms with van der Waals surface area (Å²) < 4.78 is 0. The van der Waals surface area contributed by atoms with Gasteiger partial charge in [0.1, 0.15) is 0 Å². The van der Waals surface area contributed by atoms with Gasteiger partial charge in [-0.05, 0) is 36.8 Å². The van der Waals surface area contributed by atoms with E-state index in [4.69, 9.17) is 17.2 Å². The summed E-state index contributed by atoms with van der Waals surface area (Å²) >= 11 is 0. The number of allylic oxidation sites excluding steroid dienone is 3. The van der Waals surface area contributed by atoms with Crippen LogP contribution < -0.4 is 17.2 Å². The highest BCUT2D eigenvalue weighted by Crippen LogP contribution is 2.31. The lowest BCUT2D eigenvalue weighted by molar-refractivity contribution is 0.489. The van der Waals surface area contributed by atoms with Crippen LogP contribution in [0.1, 0.15) is 26.7 Å². The van der Waals surface area contributed by atoms with Crippen LogP contribution in [0, 0.1) is 11.8 Å². The predicted molar refractivity (Wildman–Crippen MR) is 64.9 cm³/mol. The molecule has 0 fully saturated rings. The van der Waals surface area contributed by atoms with Crippen molar-refractivity contribution in [2.45, 2.75) is 32.9 Å². The van der Waals surface area contributed by atoms with Crippen molar-refractivity contribution in [2.24, 2.45) is 29.0 Å². The molecule has 0 heterocycles. The van der Waals surface area contributed by atoms with Crippen LogP contribution >= 0.6 is 0 Å². The molecule has 1 unspecified atom stereocenters. The molecule has 0 saturated carbocycles. The minimum atomic E-state index is -0.360. The van der Waals surface area contributed by atoms with Crippen molar-refractivity contribution in [3.8, 4) is 0 Å². The largest absolute Gasteiger partial charge is 0.330 e. The van der Waals surface area contributed by atoms with Crippen molar-refractivity contribution in [3.63, 3.8) is 0 Å². The molecular formula is C12H23N3. The molecule has 0 spiro atoms. The van der Waals surface area contributed by atoms with Crippen LogP contribution in [0.4, 0.5) is 0 Å². The third-order valence-electron chi connectivity index (χ3n) is 2.90. The van der Waals surface area contributed by atoms with Gasteiger partial charge in [-0.15, -0.1) is 0 Å². The lowest BCUT2D eigenvalue weighted by Crippen LogP contribution is -2.29. The molecule has 0 bridgehead atoms. The van der Waals surface area contributed by atoms with Crippen molar-refractivity contribution in [3.05, 3.63) is 23.3 Å². The van der Waals surface area contributed by atoms with Gasteiger partial charge < -0.3 is 17.2 Å². The molecule has 1 aliphatic carbocycles. The number of rotatable bonds is 3. The van der Waals surface area contributed by atoms with Gasteiger partial charge in [-0.25, -0.2) is 0 Å². The summed E-state index contributed by atoms with van der Waals surface area (Å²) in [5.74, 6) is 1.13. The second kappa shape index (κ2) is 5.45. The Morgan fingerprint density at radius 3 is 2.53 bits per heavy atom. The van der Waals surface area contributed by atoms with E-state index in [0.717, 1.165) is 19.4 Å². The molecule has 1 atom stereocenters. The molecule has 6 N–H and O–H groups in total. The molecule has 0 aromatic carbocycles. The standard InChI is InChI=1S/C12H23N3/c1-8(2)11-4-9(6-12(14)15)3-10(5-11)7-13/h4,6,8,10,12H,3,5,7,13-15H2,1-2H3/b9-6-. The smallest absolute Gasteiger partial charge is 0.0719 e. The van der Waals surface area contributed by atoms with Crippen LogP contribution in [0.3, 0.4) is 0 Å². The van der Waals surface area contributed by atoms with E-state index in [9.17, 15) is 0 Å². The topological polar surface area (TPSA) is 78.1 Å². The Kier molecular flexibility index (Phi) is 4.51. The Hall–Kier alpha value is -0.640. The zero-order valence-corrected chi connectivity index (χ0v) is 9.74. The third kappa shape index (κ3) is 3.78. The van der Waals surface area contributed by atoms with E-state index in [1.165, 1.54) is 11.1 Å². The summed E-state index contributed by atoms with van der Waals surface area (Å²) in [5, 5.41) is 0. The van der Waals surface area contributed by atoms with Crippen LogP contribution in [0.15, 0.2) is 23.3 Å². The van der Waals surface area contributed by atoms with Gasteiger partial charge >= 0.3 is 0 Å². The van der Waals surface area contributed by atoms with E-state index in [1.54, 1.807) is 0 Å². The Labute approximate surface area is 92.4 Å². The molecule has 3 heteroatoms. The first-order valence-corrected chi connectivity index (χ1v) is 5.65. The van der Waals surface area contributed by atoms with E-state index < -0.39 is 0 Å². The molecule has 15 heavy (non-hydrogen) atoms. The normalized spacial score (nSPS) is 25.1. The maximum Gasteiger partial charge on any atom is 0.0719 e. The quantitative estimate of drug-likeness (QED) is 0.609. The molecule has 0 radical (unpaired) electrons. The van der Waals surface area contributed by atoms with E-state index in [2.05, 4.69) is 19.9 Å². The van der Waals surface area contributed by atoms with Crippen molar-refractivity contribution >= 4 is 0 Å². The van der Waals surface area contributed by atoms with Gasteiger partial charge in [0, 0.05) is 0 Å². The van der Waals surface area contributed by atoms with Gasteiger partial charge in [-0.2, -0.15) is 0 Å². The highest BCUT2D eigenvalue weighted by molar-refractivity contribution is 5.30. The van der Waals surface area contributed by atoms with Crippen molar-refractivity contribution in [1.29, 1.82) is 0 Å². The molecule has 1 rings (SSSR count). The zero-order valence-electron chi connectivity index (χ0n) is 9.74. The van der Waals surface area contributed by atoms with Gasteiger partial charge in [0.15, 0.2) is 0 Å². The Morgan fingerprint density at radius 2 is 2.07 bits per heavy atom. The van der Waals surface area contributed by atoms with Crippen LogP contribution in [0.25, 0.3) is 0 Å². The first-order valence-electron chi connectivity index (χ1n) is 5.65. The molecule has 1 aliphatic rings. The molecule has 0 aromatic heterocycles. The summed E-state index contributed by atoms with van der Waals surface area (Å²) in [5.41, 5.74) is 19.6. The van der Waals surface area contributed by atoms with Crippen LogP contribution in [-0.4, -0.2) is 12.7 Å². The molecule has 0 amide bonds. The van der Waals surface area contributed by atoms with E-state index in [0.29, 0.717) is 11.8 Å². The second-order valence-electron chi connectivity index (χ2n) is 4.70. The predicted octanol–water partition coefficient (Wildman–Crippen LogP) is 1.11. The Balaban J connectivity index is 2.84. The van der Waals surface area contributed by atoms with Gasteiger partial charge in [0.25, 0.3) is 0 Å². The van der Waals surface area contributed by atoms with Crippen molar-refractivity contribution in [2.75, 3.05) is 6.54 Å². The third-order valence-corrected chi connectivity index (χ3v) is 2.90. The van der Waals surface area contributed by atoms with Gasteiger partial charge in [0.2, 0.25) is 0 Å². The first-order chi connectivity index (χ1) is 7.02. The van der Waals surface area contributed by atoms with E-state index in [1.807, 2.05) is 6.08 Å². The van der Waals surface area contributed by atoms with Crippen molar-refractivity contribution in [1.82, 2.24) is 0 Å². The lowest BCUT2D eigenvalue weighted by atomic mass is 9.81. The molecular weight excluding hydrogens is 186 g/mol. The molecule has 0 aliphatic heterocycles. The summed E-state index contributed by atoms with van der Waals surface area (Å²) in [4.78, 5) is 0. The van der Waals surface area contributed by atoms with Crippen LogP contribution in [0.2, 0.25) is 0 Å². The SMILES string of the molecule is CC(C)C1=C/C(=C\C(N)N)CC(CN)C1. The van der Waals surface area contributed by atoms with E-state index in [-0.39, 0.29) is 6.17 Å². The molecule has 3 nitrogen and oxygen atoms in total. The average Bonchev–Trinajstić information content (AvgIpc) is 2.16. The number of hydrogen-bond donors (Lipinski definition) is 3. The number of nitrogens with two attached hydrogens (primary N) is 3. The Bertz CT molecular complexity index is 264. The van der Waals surface area contributed by atoms with Gasteiger partial charge in [-0.3, -0.25) is 0 Å².